The molecule has 20 heavy (non-hydrogen) atoms. The predicted octanol–water partition coefficient (Wildman–Crippen LogP) is 4.69. The minimum absolute atomic E-state index is 0.249. The van der Waals surface area contributed by atoms with Crippen molar-refractivity contribution < 1.29 is 0 Å². The van der Waals surface area contributed by atoms with E-state index in [0.717, 1.165) is 0 Å². The molecular weight excluding hydrogens is 307 g/mol. The molecule has 0 unspecified atom stereocenters. The average Bonchev–Trinajstić information content (AvgIpc) is 2.74. The number of hydrogen-bond donors (Lipinski definition) is 0. The Morgan fingerprint density at radius 3 is 1.95 bits per heavy atom. The summed E-state index contributed by atoms with van der Waals surface area (Å²) in [5.74, 6) is 0. The van der Waals surface area contributed by atoms with Gasteiger partial charge in [-0.15, -0.1) is 0 Å². The van der Waals surface area contributed by atoms with Crippen LogP contribution >= 0.6 is 0 Å². The molecule has 0 fully saturated rings. The van der Waals surface area contributed by atoms with Gasteiger partial charge in [-0.2, -0.15) is 0 Å². The van der Waals surface area contributed by atoms with Gasteiger partial charge in [-0.1, -0.05) is 0 Å². The van der Waals surface area contributed by atoms with Crippen molar-refractivity contribution in [1.29, 1.82) is 0 Å². The summed E-state index contributed by atoms with van der Waals surface area (Å²) in [7, 11) is 0. The van der Waals surface area contributed by atoms with Crippen molar-refractivity contribution in [2.24, 2.45) is 10.8 Å². The Morgan fingerprint density at radius 2 is 1.45 bits per heavy atom. The van der Waals surface area contributed by atoms with Gasteiger partial charge >= 0.3 is 130 Å². The van der Waals surface area contributed by atoms with Crippen LogP contribution in [0.3, 0.4) is 0 Å². The maximum atomic E-state index is 2.49. The van der Waals surface area contributed by atoms with E-state index < -0.39 is 0 Å². The van der Waals surface area contributed by atoms with E-state index in [0.29, 0.717) is 15.0 Å². The molecule has 2 rings (SSSR count). The normalized spacial score (nSPS) is 16.6. The molecule has 0 bridgehead atoms. The SMILES string of the molecule is CC(C)(C)C1=CC(C(C)(C)C)=C([Se]c2ccccc2)C1. The van der Waals surface area contributed by atoms with Gasteiger partial charge in [0.15, 0.2) is 0 Å². The van der Waals surface area contributed by atoms with Crippen LogP contribution in [0.15, 0.2) is 52.0 Å². The second-order valence-electron chi connectivity index (χ2n) is 7.60. The first-order valence-electron chi connectivity index (χ1n) is 7.35. The zero-order chi connectivity index (χ0) is 15.0. The van der Waals surface area contributed by atoms with Crippen LogP contribution in [0.4, 0.5) is 0 Å². The van der Waals surface area contributed by atoms with Gasteiger partial charge in [0.1, 0.15) is 0 Å². The van der Waals surface area contributed by atoms with Crippen molar-refractivity contribution >= 4 is 19.4 Å². The van der Waals surface area contributed by atoms with E-state index in [4.69, 9.17) is 0 Å². The molecule has 0 aromatic heterocycles. The summed E-state index contributed by atoms with van der Waals surface area (Å²) in [6, 6.07) is 10.9. The molecule has 108 valence electrons. The Balaban J connectivity index is 2.31. The number of benzene rings is 1. The summed E-state index contributed by atoms with van der Waals surface area (Å²) < 4.78 is 3.15. The van der Waals surface area contributed by atoms with Gasteiger partial charge in [0.05, 0.1) is 0 Å². The van der Waals surface area contributed by atoms with Crippen LogP contribution in [-0.4, -0.2) is 15.0 Å². The molecular formula is C19H26Se. The molecule has 1 aliphatic carbocycles. The first-order valence-corrected chi connectivity index (χ1v) is 9.07. The fraction of sp³-hybridized carbons (Fsp3) is 0.474. The van der Waals surface area contributed by atoms with Crippen LogP contribution in [0.5, 0.6) is 0 Å². The van der Waals surface area contributed by atoms with E-state index in [2.05, 4.69) is 78.0 Å². The van der Waals surface area contributed by atoms with Gasteiger partial charge in [0.2, 0.25) is 0 Å². The van der Waals surface area contributed by atoms with Crippen molar-refractivity contribution in [3.63, 3.8) is 0 Å². The minimum atomic E-state index is 0.249. The third-order valence-corrected chi connectivity index (χ3v) is 6.07. The molecule has 0 amide bonds. The Labute approximate surface area is 130 Å². The van der Waals surface area contributed by atoms with Gasteiger partial charge < -0.3 is 0 Å². The molecule has 1 aromatic carbocycles. The first-order chi connectivity index (χ1) is 9.18. The Bertz CT molecular complexity index is 533. The van der Waals surface area contributed by atoms with Gasteiger partial charge in [0.25, 0.3) is 0 Å². The molecule has 0 N–H and O–H groups in total. The third kappa shape index (κ3) is 3.65. The summed E-state index contributed by atoms with van der Waals surface area (Å²) in [4.78, 5) is 0. The summed E-state index contributed by atoms with van der Waals surface area (Å²) in [6.45, 7) is 14.0. The van der Waals surface area contributed by atoms with Crippen LogP contribution in [0.25, 0.3) is 0 Å². The Kier molecular flexibility index (Phi) is 4.32. The summed E-state index contributed by atoms with van der Waals surface area (Å²) in [5.41, 5.74) is 3.70. The fourth-order valence-corrected chi connectivity index (χ4v) is 5.10. The predicted molar refractivity (Wildman–Crippen MR) is 90.5 cm³/mol. The van der Waals surface area contributed by atoms with Crippen molar-refractivity contribution in [2.75, 3.05) is 0 Å². The van der Waals surface area contributed by atoms with Gasteiger partial charge in [-0.25, -0.2) is 0 Å². The van der Waals surface area contributed by atoms with E-state index in [1.165, 1.54) is 10.9 Å². The number of rotatable bonds is 2. The van der Waals surface area contributed by atoms with Gasteiger partial charge in [0, 0.05) is 0 Å². The standard InChI is InChI=1S/C19H26Se/c1-18(2,3)14-12-16(19(4,5)6)17(13-14)20-15-10-8-7-9-11-15/h7-12H,13H2,1-6H3. The molecule has 0 nitrogen and oxygen atoms in total. The summed E-state index contributed by atoms with van der Waals surface area (Å²) in [5, 5.41) is 0. The zero-order valence-electron chi connectivity index (χ0n) is 13.6. The third-order valence-electron chi connectivity index (χ3n) is 3.73. The second kappa shape index (κ2) is 5.54. The first kappa shape index (κ1) is 15.6. The van der Waals surface area contributed by atoms with E-state index >= 15 is 0 Å². The van der Waals surface area contributed by atoms with E-state index in [1.807, 2.05) is 0 Å². The van der Waals surface area contributed by atoms with Gasteiger partial charge in [-0.3, -0.25) is 0 Å². The maximum absolute atomic E-state index is 2.49. The van der Waals surface area contributed by atoms with E-state index in [-0.39, 0.29) is 10.8 Å². The van der Waals surface area contributed by atoms with E-state index in [1.54, 1.807) is 15.6 Å². The molecule has 0 atom stereocenters. The van der Waals surface area contributed by atoms with Crippen LogP contribution in [0.1, 0.15) is 48.0 Å². The summed E-state index contributed by atoms with van der Waals surface area (Å²) >= 11 is 0.452. The molecule has 0 radical (unpaired) electrons. The van der Waals surface area contributed by atoms with Crippen molar-refractivity contribution in [2.45, 2.75) is 48.0 Å². The second-order valence-corrected chi connectivity index (χ2v) is 10.0. The Morgan fingerprint density at radius 1 is 0.850 bits per heavy atom. The van der Waals surface area contributed by atoms with E-state index in [9.17, 15) is 0 Å². The molecule has 0 saturated heterocycles. The van der Waals surface area contributed by atoms with Crippen molar-refractivity contribution in [3.05, 3.63) is 52.0 Å². The molecule has 0 saturated carbocycles. The van der Waals surface area contributed by atoms with Crippen LogP contribution in [0.2, 0.25) is 0 Å². The van der Waals surface area contributed by atoms with Crippen LogP contribution in [-0.2, 0) is 0 Å². The molecule has 0 spiro atoms. The van der Waals surface area contributed by atoms with Crippen LogP contribution < -0.4 is 4.46 Å². The molecule has 1 heteroatoms. The van der Waals surface area contributed by atoms with Gasteiger partial charge in [-0.05, 0) is 0 Å². The van der Waals surface area contributed by atoms with Crippen LogP contribution in [0, 0.1) is 10.8 Å². The van der Waals surface area contributed by atoms with Crippen molar-refractivity contribution in [1.82, 2.24) is 0 Å². The number of allylic oxidation sites excluding steroid dienone is 4. The molecule has 0 heterocycles. The molecule has 0 aliphatic heterocycles. The topological polar surface area (TPSA) is 0 Å². The zero-order valence-corrected chi connectivity index (χ0v) is 15.3. The fourth-order valence-electron chi connectivity index (χ4n) is 2.41. The average molecular weight is 333 g/mol. The quantitative estimate of drug-likeness (QED) is 0.689. The molecule has 1 aliphatic rings. The number of hydrogen-bond acceptors (Lipinski definition) is 0. The summed E-state index contributed by atoms with van der Waals surface area (Å²) in [6.07, 6.45) is 3.66. The molecule has 1 aromatic rings. The monoisotopic (exact) mass is 334 g/mol. The van der Waals surface area contributed by atoms with Crippen molar-refractivity contribution in [3.8, 4) is 0 Å². The Hall–Kier alpha value is -0.781.